The van der Waals surface area contributed by atoms with Crippen LogP contribution >= 0.6 is 0 Å². The van der Waals surface area contributed by atoms with Gasteiger partial charge in [-0.05, 0) is 32.0 Å². The molecule has 8 nitrogen and oxygen atoms in total. The molecule has 8 heteroatoms. The van der Waals surface area contributed by atoms with Gasteiger partial charge >= 0.3 is 5.97 Å². The zero-order chi connectivity index (χ0) is 18.9. The zero-order valence-electron chi connectivity index (χ0n) is 14.6. The standard InChI is InChI=1S/C18H20N4O4/c1-3-22(4-2)17(24)13-6-5-7-14(10-13)21-16(23)12-26-18(25)15-11-19-8-9-20-15/h5-11H,3-4,12H2,1-2H3,(H,21,23). The molecule has 0 bridgehead atoms. The lowest BCUT2D eigenvalue weighted by atomic mass is 10.1. The quantitative estimate of drug-likeness (QED) is 0.759. The van der Waals surface area contributed by atoms with E-state index in [0.29, 0.717) is 24.3 Å². The number of nitrogens with zero attached hydrogens (tertiary/aromatic N) is 3. The van der Waals surface area contributed by atoms with Crippen LogP contribution < -0.4 is 5.32 Å². The number of carbonyl (C=O) groups excluding carboxylic acids is 3. The highest BCUT2D eigenvalue weighted by molar-refractivity contribution is 5.98. The second-order valence-electron chi connectivity index (χ2n) is 5.27. The van der Waals surface area contributed by atoms with E-state index in [1.165, 1.54) is 18.6 Å². The van der Waals surface area contributed by atoms with E-state index in [9.17, 15) is 14.4 Å². The van der Waals surface area contributed by atoms with Crippen molar-refractivity contribution in [1.29, 1.82) is 0 Å². The Morgan fingerprint density at radius 3 is 2.58 bits per heavy atom. The third kappa shape index (κ3) is 5.10. The lowest BCUT2D eigenvalue weighted by molar-refractivity contribution is -0.119. The van der Waals surface area contributed by atoms with E-state index < -0.39 is 18.5 Å². The van der Waals surface area contributed by atoms with E-state index in [0.717, 1.165) is 0 Å². The largest absolute Gasteiger partial charge is 0.451 e. The first kappa shape index (κ1) is 19.0. The Hall–Kier alpha value is -3.29. The SMILES string of the molecule is CCN(CC)C(=O)c1cccc(NC(=O)COC(=O)c2cnccn2)c1. The minimum Gasteiger partial charge on any atom is -0.451 e. The number of aromatic nitrogens is 2. The first-order valence-electron chi connectivity index (χ1n) is 8.17. The Bertz CT molecular complexity index is 776. The third-order valence-corrected chi connectivity index (χ3v) is 3.55. The molecule has 136 valence electrons. The molecule has 1 aromatic heterocycles. The number of rotatable bonds is 7. The molecular weight excluding hydrogens is 336 g/mol. The molecule has 0 aliphatic carbocycles. The summed E-state index contributed by atoms with van der Waals surface area (Å²) in [4.78, 5) is 45.3. The first-order valence-corrected chi connectivity index (χ1v) is 8.17. The van der Waals surface area contributed by atoms with Crippen LogP contribution in [0, 0.1) is 0 Å². The molecule has 1 aromatic carbocycles. The van der Waals surface area contributed by atoms with E-state index in [1.54, 1.807) is 29.2 Å². The lowest BCUT2D eigenvalue weighted by Gasteiger charge is -2.19. The molecule has 26 heavy (non-hydrogen) atoms. The summed E-state index contributed by atoms with van der Waals surface area (Å²) in [6.07, 6.45) is 4.04. The fourth-order valence-corrected chi connectivity index (χ4v) is 2.23. The molecule has 1 heterocycles. The molecule has 2 aromatic rings. The van der Waals surface area contributed by atoms with Crippen molar-refractivity contribution in [3.63, 3.8) is 0 Å². The van der Waals surface area contributed by atoms with Crippen molar-refractivity contribution in [3.05, 3.63) is 54.1 Å². The van der Waals surface area contributed by atoms with Crippen LogP contribution in [0.25, 0.3) is 0 Å². The molecule has 0 unspecified atom stereocenters. The van der Waals surface area contributed by atoms with Crippen molar-refractivity contribution >= 4 is 23.5 Å². The fraction of sp³-hybridized carbons (Fsp3) is 0.278. The Morgan fingerprint density at radius 1 is 1.15 bits per heavy atom. The molecule has 0 radical (unpaired) electrons. The number of carbonyl (C=O) groups is 3. The van der Waals surface area contributed by atoms with Crippen molar-refractivity contribution in [3.8, 4) is 0 Å². The predicted molar refractivity (Wildman–Crippen MR) is 94.6 cm³/mol. The van der Waals surface area contributed by atoms with E-state index in [4.69, 9.17) is 4.74 Å². The lowest BCUT2D eigenvalue weighted by Crippen LogP contribution is -2.30. The van der Waals surface area contributed by atoms with Crippen molar-refractivity contribution in [1.82, 2.24) is 14.9 Å². The predicted octanol–water partition coefficient (Wildman–Crippen LogP) is 1.75. The highest BCUT2D eigenvalue weighted by atomic mass is 16.5. The number of ether oxygens (including phenoxy) is 1. The third-order valence-electron chi connectivity index (χ3n) is 3.55. The number of hydrogen-bond donors (Lipinski definition) is 1. The van der Waals surface area contributed by atoms with E-state index in [1.807, 2.05) is 13.8 Å². The number of esters is 1. The van der Waals surface area contributed by atoms with Crippen molar-refractivity contribution in [2.24, 2.45) is 0 Å². The number of anilines is 1. The summed E-state index contributed by atoms with van der Waals surface area (Å²) < 4.78 is 4.88. The molecule has 0 saturated heterocycles. The van der Waals surface area contributed by atoms with Gasteiger partial charge in [-0.15, -0.1) is 0 Å². The molecule has 0 atom stereocenters. The van der Waals surface area contributed by atoms with Gasteiger partial charge in [0, 0.05) is 36.7 Å². The normalized spacial score (nSPS) is 10.1. The fourth-order valence-electron chi connectivity index (χ4n) is 2.23. The van der Waals surface area contributed by atoms with Gasteiger partial charge in [-0.25, -0.2) is 9.78 Å². The van der Waals surface area contributed by atoms with Crippen LogP contribution in [0.4, 0.5) is 5.69 Å². The minimum atomic E-state index is -0.737. The van der Waals surface area contributed by atoms with Gasteiger partial charge in [-0.2, -0.15) is 0 Å². The molecule has 2 amide bonds. The Balaban J connectivity index is 1.94. The second-order valence-corrected chi connectivity index (χ2v) is 5.27. The maximum atomic E-state index is 12.3. The molecule has 0 saturated carbocycles. The van der Waals surface area contributed by atoms with Gasteiger partial charge in [-0.1, -0.05) is 6.07 Å². The van der Waals surface area contributed by atoms with Crippen LogP contribution in [0.3, 0.4) is 0 Å². The molecule has 0 aliphatic heterocycles. The second kappa shape index (κ2) is 9.26. The summed E-state index contributed by atoms with van der Waals surface area (Å²) in [6.45, 7) is 4.54. The molecule has 0 fully saturated rings. The van der Waals surface area contributed by atoms with Gasteiger partial charge < -0.3 is 15.0 Å². The number of benzene rings is 1. The molecule has 0 aliphatic rings. The van der Waals surface area contributed by atoms with Crippen LogP contribution in [0.15, 0.2) is 42.9 Å². The summed E-state index contributed by atoms with van der Waals surface area (Å²) in [5, 5.41) is 2.60. The summed E-state index contributed by atoms with van der Waals surface area (Å²) in [5.74, 6) is -1.37. The van der Waals surface area contributed by atoms with E-state index in [-0.39, 0.29) is 11.6 Å². The average molecular weight is 356 g/mol. The molecule has 2 rings (SSSR count). The number of amides is 2. The highest BCUT2D eigenvalue weighted by Crippen LogP contribution is 2.13. The molecular formula is C18H20N4O4. The topological polar surface area (TPSA) is 101 Å². The van der Waals surface area contributed by atoms with Gasteiger partial charge in [0.1, 0.15) is 0 Å². The van der Waals surface area contributed by atoms with E-state index >= 15 is 0 Å². The van der Waals surface area contributed by atoms with Gasteiger partial charge in [0.15, 0.2) is 12.3 Å². The van der Waals surface area contributed by atoms with Gasteiger partial charge in [0.25, 0.3) is 11.8 Å². The van der Waals surface area contributed by atoms with Crippen LogP contribution in [0.1, 0.15) is 34.7 Å². The Morgan fingerprint density at radius 2 is 1.92 bits per heavy atom. The first-order chi connectivity index (χ1) is 12.5. The zero-order valence-corrected chi connectivity index (χ0v) is 14.6. The summed E-state index contributed by atoms with van der Waals surface area (Å²) >= 11 is 0. The Labute approximate surface area is 151 Å². The van der Waals surface area contributed by atoms with Crippen LogP contribution in [-0.4, -0.2) is 52.3 Å². The smallest absolute Gasteiger partial charge is 0.359 e. The summed E-state index contributed by atoms with van der Waals surface area (Å²) in [7, 11) is 0. The maximum Gasteiger partial charge on any atom is 0.359 e. The molecule has 0 spiro atoms. The van der Waals surface area contributed by atoms with Crippen molar-refractivity contribution in [2.75, 3.05) is 25.0 Å². The van der Waals surface area contributed by atoms with Crippen molar-refractivity contribution in [2.45, 2.75) is 13.8 Å². The van der Waals surface area contributed by atoms with Crippen LogP contribution in [0.2, 0.25) is 0 Å². The van der Waals surface area contributed by atoms with Crippen LogP contribution in [-0.2, 0) is 9.53 Å². The van der Waals surface area contributed by atoms with Gasteiger partial charge in [0.05, 0.1) is 6.20 Å². The molecule has 1 N–H and O–H groups in total. The summed E-state index contributed by atoms with van der Waals surface area (Å²) in [6, 6.07) is 6.60. The number of nitrogens with one attached hydrogen (secondary N) is 1. The number of hydrogen-bond acceptors (Lipinski definition) is 6. The monoisotopic (exact) mass is 356 g/mol. The average Bonchev–Trinajstić information content (AvgIpc) is 2.68. The Kier molecular flexibility index (Phi) is 6.78. The maximum absolute atomic E-state index is 12.3. The van der Waals surface area contributed by atoms with Crippen LogP contribution in [0.5, 0.6) is 0 Å². The van der Waals surface area contributed by atoms with Gasteiger partial charge in [-0.3, -0.25) is 14.6 Å². The highest BCUT2D eigenvalue weighted by Gasteiger charge is 2.14. The minimum absolute atomic E-state index is 0.0205. The van der Waals surface area contributed by atoms with Gasteiger partial charge in [0.2, 0.25) is 0 Å². The van der Waals surface area contributed by atoms with Crippen molar-refractivity contribution < 1.29 is 19.1 Å². The summed E-state index contributed by atoms with van der Waals surface area (Å²) in [5.41, 5.74) is 0.943. The van der Waals surface area contributed by atoms with E-state index in [2.05, 4.69) is 15.3 Å².